The quantitative estimate of drug-likeness (QED) is 0.857. The average molecular weight is 270 g/mol. The molecule has 104 valence electrons. The van der Waals surface area contributed by atoms with Gasteiger partial charge in [-0.05, 0) is 23.3 Å². The second-order valence-electron chi connectivity index (χ2n) is 4.64. The molecule has 0 fully saturated rings. The standard InChI is InChI=1S/C15H18N4O/c1-19(10-12-4-2-11(9-16)3-5-12)13-6-7-18-14(8-13)15(17)20/h2-8H,9-10,16H2,1H3,(H2,17,20). The Morgan fingerprint density at radius 2 is 1.85 bits per heavy atom. The Labute approximate surface area is 118 Å². The number of carbonyl (C=O) groups is 1. The lowest BCUT2D eigenvalue weighted by atomic mass is 10.1. The van der Waals surface area contributed by atoms with Gasteiger partial charge in [-0.3, -0.25) is 9.78 Å². The molecule has 0 saturated carbocycles. The van der Waals surface area contributed by atoms with Gasteiger partial charge in [0.1, 0.15) is 5.69 Å². The summed E-state index contributed by atoms with van der Waals surface area (Å²) < 4.78 is 0. The van der Waals surface area contributed by atoms with Crippen LogP contribution in [0.25, 0.3) is 0 Å². The summed E-state index contributed by atoms with van der Waals surface area (Å²) in [6.07, 6.45) is 1.59. The number of anilines is 1. The van der Waals surface area contributed by atoms with Crippen LogP contribution in [0.3, 0.4) is 0 Å². The van der Waals surface area contributed by atoms with E-state index in [-0.39, 0.29) is 5.69 Å². The van der Waals surface area contributed by atoms with Crippen molar-refractivity contribution in [2.45, 2.75) is 13.1 Å². The van der Waals surface area contributed by atoms with Gasteiger partial charge < -0.3 is 16.4 Å². The summed E-state index contributed by atoms with van der Waals surface area (Å²) in [5.74, 6) is -0.521. The molecule has 1 aromatic carbocycles. The zero-order chi connectivity index (χ0) is 14.5. The Morgan fingerprint density at radius 3 is 2.45 bits per heavy atom. The van der Waals surface area contributed by atoms with E-state index in [0.29, 0.717) is 6.54 Å². The molecule has 1 aromatic heterocycles. The number of benzene rings is 1. The molecule has 4 N–H and O–H groups in total. The van der Waals surface area contributed by atoms with Crippen LogP contribution in [0.4, 0.5) is 5.69 Å². The minimum absolute atomic E-state index is 0.271. The van der Waals surface area contributed by atoms with Crippen molar-refractivity contribution in [3.05, 3.63) is 59.4 Å². The first-order chi connectivity index (χ1) is 9.60. The van der Waals surface area contributed by atoms with Gasteiger partial charge in [0.25, 0.3) is 5.91 Å². The molecule has 0 atom stereocenters. The summed E-state index contributed by atoms with van der Waals surface area (Å²) in [4.78, 5) is 17.1. The van der Waals surface area contributed by atoms with Crippen molar-refractivity contribution < 1.29 is 4.79 Å². The first kappa shape index (κ1) is 14.0. The number of pyridine rings is 1. The van der Waals surface area contributed by atoms with E-state index in [9.17, 15) is 4.79 Å². The van der Waals surface area contributed by atoms with Gasteiger partial charge in [0, 0.05) is 32.0 Å². The third kappa shape index (κ3) is 3.33. The van der Waals surface area contributed by atoms with Crippen LogP contribution in [0.2, 0.25) is 0 Å². The third-order valence-electron chi connectivity index (χ3n) is 3.12. The highest BCUT2D eigenvalue weighted by atomic mass is 16.1. The van der Waals surface area contributed by atoms with E-state index >= 15 is 0 Å². The molecule has 20 heavy (non-hydrogen) atoms. The number of carbonyl (C=O) groups excluding carboxylic acids is 1. The van der Waals surface area contributed by atoms with Crippen molar-refractivity contribution in [2.75, 3.05) is 11.9 Å². The van der Waals surface area contributed by atoms with E-state index in [0.717, 1.165) is 17.8 Å². The zero-order valence-corrected chi connectivity index (χ0v) is 11.4. The molecule has 5 heteroatoms. The van der Waals surface area contributed by atoms with Gasteiger partial charge in [-0.25, -0.2) is 0 Å². The molecule has 0 saturated heterocycles. The van der Waals surface area contributed by atoms with Crippen LogP contribution in [0, 0.1) is 0 Å². The van der Waals surface area contributed by atoms with Crippen molar-refractivity contribution in [1.82, 2.24) is 4.98 Å². The van der Waals surface area contributed by atoms with Crippen molar-refractivity contribution in [3.8, 4) is 0 Å². The maximum atomic E-state index is 11.1. The fourth-order valence-corrected chi connectivity index (χ4v) is 1.94. The number of nitrogens with zero attached hydrogens (tertiary/aromatic N) is 2. The Balaban J connectivity index is 2.12. The largest absolute Gasteiger partial charge is 0.370 e. The third-order valence-corrected chi connectivity index (χ3v) is 3.12. The summed E-state index contributed by atoms with van der Waals surface area (Å²) in [6.45, 7) is 1.27. The van der Waals surface area contributed by atoms with Crippen LogP contribution in [0.15, 0.2) is 42.6 Å². The number of nitrogens with two attached hydrogens (primary N) is 2. The lowest BCUT2D eigenvalue weighted by Gasteiger charge is -2.19. The number of hydrogen-bond donors (Lipinski definition) is 2. The molecule has 2 aromatic rings. The van der Waals surface area contributed by atoms with Crippen LogP contribution >= 0.6 is 0 Å². The van der Waals surface area contributed by atoms with E-state index in [1.54, 1.807) is 12.3 Å². The topological polar surface area (TPSA) is 85.2 Å². The van der Waals surface area contributed by atoms with Crippen LogP contribution < -0.4 is 16.4 Å². The summed E-state index contributed by atoms with van der Waals surface area (Å²) in [7, 11) is 1.96. The molecule has 1 heterocycles. The molecule has 5 nitrogen and oxygen atoms in total. The maximum absolute atomic E-state index is 11.1. The highest BCUT2D eigenvalue weighted by Gasteiger charge is 2.07. The molecule has 1 amide bonds. The Hall–Kier alpha value is -2.40. The van der Waals surface area contributed by atoms with Gasteiger partial charge >= 0.3 is 0 Å². The fourth-order valence-electron chi connectivity index (χ4n) is 1.94. The van der Waals surface area contributed by atoms with Crippen molar-refractivity contribution >= 4 is 11.6 Å². The smallest absolute Gasteiger partial charge is 0.267 e. The van der Waals surface area contributed by atoms with Crippen LogP contribution in [0.5, 0.6) is 0 Å². The van der Waals surface area contributed by atoms with Gasteiger partial charge in [-0.15, -0.1) is 0 Å². The molecule has 0 aliphatic rings. The van der Waals surface area contributed by atoms with Crippen LogP contribution in [0.1, 0.15) is 21.6 Å². The fraction of sp³-hybridized carbons (Fsp3) is 0.200. The van der Waals surface area contributed by atoms with Gasteiger partial charge in [0.15, 0.2) is 0 Å². The van der Waals surface area contributed by atoms with Gasteiger partial charge in [-0.2, -0.15) is 0 Å². The van der Waals surface area contributed by atoms with E-state index in [1.165, 1.54) is 5.56 Å². The Bertz CT molecular complexity index is 595. The Kier molecular flexibility index (Phi) is 4.32. The molecular weight excluding hydrogens is 252 g/mol. The van der Waals surface area contributed by atoms with E-state index < -0.39 is 5.91 Å². The molecule has 2 rings (SSSR count). The van der Waals surface area contributed by atoms with Crippen LogP contribution in [-0.2, 0) is 13.1 Å². The number of primary amides is 1. The second kappa shape index (κ2) is 6.16. The van der Waals surface area contributed by atoms with Gasteiger partial charge in [0.05, 0.1) is 0 Å². The summed E-state index contributed by atoms with van der Waals surface area (Å²) >= 11 is 0. The van der Waals surface area contributed by atoms with Crippen molar-refractivity contribution in [2.24, 2.45) is 11.5 Å². The van der Waals surface area contributed by atoms with E-state index in [4.69, 9.17) is 11.5 Å². The SMILES string of the molecule is CN(Cc1ccc(CN)cc1)c1ccnc(C(N)=O)c1. The number of hydrogen-bond acceptors (Lipinski definition) is 4. The zero-order valence-electron chi connectivity index (χ0n) is 11.4. The lowest BCUT2D eigenvalue weighted by molar-refractivity contribution is 0.0995. The highest BCUT2D eigenvalue weighted by Crippen LogP contribution is 2.16. The number of aromatic nitrogens is 1. The minimum atomic E-state index is -0.521. The molecule has 0 aliphatic heterocycles. The van der Waals surface area contributed by atoms with Crippen LogP contribution in [-0.4, -0.2) is 17.9 Å². The number of rotatable bonds is 5. The van der Waals surface area contributed by atoms with Gasteiger partial charge in [0.2, 0.25) is 0 Å². The highest BCUT2D eigenvalue weighted by molar-refractivity contribution is 5.91. The predicted octanol–water partition coefficient (Wildman–Crippen LogP) is 1.28. The second-order valence-corrected chi connectivity index (χ2v) is 4.64. The summed E-state index contributed by atoms with van der Waals surface area (Å²) in [6, 6.07) is 11.7. The summed E-state index contributed by atoms with van der Waals surface area (Å²) in [5, 5.41) is 0. The minimum Gasteiger partial charge on any atom is -0.370 e. The lowest BCUT2D eigenvalue weighted by Crippen LogP contribution is -2.18. The molecule has 0 aliphatic carbocycles. The molecule has 0 bridgehead atoms. The molecular formula is C15H18N4O. The molecule has 0 radical (unpaired) electrons. The summed E-state index contributed by atoms with van der Waals surface area (Å²) in [5.41, 5.74) is 14.3. The van der Waals surface area contributed by atoms with Crippen molar-refractivity contribution in [1.29, 1.82) is 0 Å². The maximum Gasteiger partial charge on any atom is 0.267 e. The van der Waals surface area contributed by atoms with Crippen molar-refractivity contribution in [3.63, 3.8) is 0 Å². The molecule has 0 spiro atoms. The predicted molar refractivity (Wildman–Crippen MR) is 79.2 cm³/mol. The monoisotopic (exact) mass is 270 g/mol. The normalized spacial score (nSPS) is 10.3. The number of amides is 1. The average Bonchev–Trinajstić information content (AvgIpc) is 2.48. The first-order valence-electron chi connectivity index (χ1n) is 6.35. The van der Waals surface area contributed by atoms with E-state index in [2.05, 4.69) is 17.1 Å². The van der Waals surface area contributed by atoms with Gasteiger partial charge in [-0.1, -0.05) is 24.3 Å². The van der Waals surface area contributed by atoms with E-state index in [1.807, 2.05) is 30.1 Å². The Morgan fingerprint density at radius 1 is 1.20 bits per heavy atom. The first-order valence-corrected chi connectivity index (χ1v) is 6.35. The molecule has 0 unspecified atom stereocenters.